The molecule has 7 nitrogen and oxygen atoms in total. The van der Waals surface area contributed by atoms with E-state index >= 15 is 0 Å². The third kappa shape index (κ3) is 6.16. The average molecular weight is 393 g/mol. The predicted molar refractivity (Wildman–Crippen MR) is 107 cm³/mol. The van der Waals surface area contributed by atoms with Crippen LogP contribution in [0.5, 0.6) is 11.5 Å². The van der Waals surface area contributed by atoms with E-state index in [1.807, 2.05) is 23.7 Å². The molecule has 0 spiro atoms. The van der Waals surface area contributed by atoms with Crippen molar-refractivity contribution in [2.45, 2.75) is 31.8 Å². The zero-order valence-electron chi connectivity index (χ0n) is 16.6. The van der Waals surface area contributed by atoms with E-state index < -0.39 is 0 Å². The fraction of sp³-hybridized carbons (Fsp3) is 0.526. The van der Waals surface area contributed by atoms with Crippen LogP contribution >= 0.6 is 11.8 Å². The highest BCUT2D eigenvalue weighted by Gasteiger charge is 2.12. The lowest BCUT2D eigenvalue weighted by Gasteiger charge is -2.11. The van der Waals surface area contributed by atoms with Crippen LogP contribution in [0.1, 0.15) is 25.2 Å². The van der Waals surface area contributed by atoms with E-state index in [4.69, 9.17) is 9.47 Å². The quantitative estimate of drug-likeness (QED) is 0.626. The summed E-state index contributed by atoms with van der Waals surface area (Å²) >= 11 is 1.70. The summed E-state index contributed by atoms with van der Waals surface area (Å²) in [6.07, 6.45) is 0.863. The zero-order chi connectivity index (χ0) is 19.8. The number of nitrogens with zero attached hydrogens (tertiary/aromatic N) is 3. The van der Waals surface area contributed by atoms with E-state index in [-0.39, 0.29) is 12.3 Å². The van der Waals surface area contributed by atoms with Crippen LogP contribution in [-0.4, -0.2) is 47.2 Å². The van der Waals surface area contributed by atoms with Crippen LogP contribution in [0, 0.1) is 5.92 Å². The molecule has 1 amide bonds. The molecule has 2 aromatic rings. The second-order valence-corrected chi connectivity index (χ2v) is 7.60. The van der Waals surface area contributed by atoms with Gasteiger partial charge in [0.05, 0.1) is 20.6 Å². The molecule has 0 fully saturated rings. The zero-order valence-corrected chi connectivity index (χ0v) is 17.4. The van der Waals surface area contributed by atoms with E-state index in [9.17, 15) is 4.79 Å². The van der Waals surface area contributed by atoms with E-state index in [0.29, 0.717) is 30.4 Å². The first kappa shape index (κ1) is 21.1. The lowest BCUT2D eigenvalue weighted by atomic mass is 10.1. The maximum atomic E-state index is 12.3. The van der Waals surface area contributed by atoms with Crippen molar-refractivity contribution in [3.8, 4) is 11.5 Å². The molecule has 148 valence electrons. The number of methoxy groups -OCH3 is 2. The standard InChI is InChI=1S/C19H28N4O3S/c1-13(2)12-27-19-22-21-17(23(19)3)8-9-20-18(24)11-14-10-15(25-4)6-7-16(14)26-5/h6-7,10,13H,8-9,11-12H2,1-5H3,(H,20,24). The molecule has 27 heavy (non-hydrogen) atoms. The van der Waals surface area contributed by atoms with Crippen molar-refractivity contribution >= 4 is 17.7 Å². The number of hydrogen-bond acceptors (Lipinski definition) is 6. The van der Waals surface area contributed by atoms with Gasteiger partial charge in [0.25, 0.3) is 0 Å². The Bertz CT molecular complexity index is 761. The van der Waals surface area contributed by atoms with Gasteiger partial charge in [-0.05, 0) is 24.1 Å². The normalized spacial score (nSPS) is 10.9. The molecular formula is C19H28N4O3S. The molecule has 0 atom stereocenters. The van der Waals surface area contributed by atoms with Crippen molar-refractivity contribution in [3.63, 3.8) is 0 Å². The molecule has 1 aromatic carbocycles. The summed E-state index contributed by atoms with van der Waals surface area (Å²) < 4.78 is 12.5. The number of aromatic nitrogens is 3. The van der Waals surface area contributed by atoms with E-state index in [2.05, 4.69) is 29.4 Å². The highest BCUT2D eigenvalue weighted by Crippen LogP contribution is 2.24. The molecule has 0 aliphatic carbocycles. The van der Waals surface area contributed by atoms with Gasteiger partial charge in [-0.1, -0.05) is 25.6 Å². The van der Waals surface area contributed by atoms with Gasteiger partial charge in [-0.15, -0.1) is 10.2 Å². The van der Waals surface area contributed by atoms with Crippen LogP contribution in [0.25, 0.3) is 0 Å². The summed E-state index contributed by atoms with van der Waals surface area (Å²) in [5, 5.41) is 12.3. The molecule has 0 saturated carbocycles. The highest BCUT2D eigenvalue weighted by molar-refractivity contribution is 7.99. The predicted octanol–water partition coefficient (Wildman–Crippen LogP) is 2.48. The molecule has 1 N–H and O–H groups in total. The number of amides is 1. The van der Waals surface area contributed by atoms with Crippen LogP contribution in [-0.2, 0) is 24.7 Å². The number of benzene rings is 1. The first-order valence-electron chi connectivity index (χ1n) is 8.93. The molecule has 0 unspecified atom stereocenters. The summed E-state index contributed by atoms with van der Waals surface area (Å²) in [4.78, 5) is 12.3. The number of carbonyl (C=O) groups excluding carboxylic acids is 1. The first-order valence-corrected chi connectivity index (χ1v) is 9.91. The highest BCUT2D eigenvalue weighted by atomic mass is 32.2. The minimum absolute atomic E-state index is 0.0712. The second kappa shape index (κ2) is 10.2. The molecular weight excluding hydrogens is 364 g/mol. The molecule has 0 radical (unpaired) electrons. The summed E-state index contributed by atoms with van der Waals surface area (Å²) in [7, 11) is 5.15. The van der Waals surface area contributed by atoms with Crippen molar-refractivity contribution in [1.82, 2.24) is 20.1 Å². The molecule has 1 heterocycles. The smallest absolute Gasteiger partial charge is 0.224 e. The molecule has 2 rings (SSSR count). The van der Waals surface area contributed by atoms with Crippen LogP contribution in [0.15, 0.2) is 23.4 Å². The van der Waals surface area contributed by atoms with Crippen LogP contribution in [0.3, 0.4) is 0 Å². The Labute approximate surface area is 164 Å². The van der Waals surface area contributed by atoms with Gasteiger partial charge < -0.3 is 19.4 Å². The number of carbonyl (C=O) groups is 1. The van der Waals surface area contributed by atoms with Crippen LogP contribution < -0.4 is 14.8 Å². The van der Waals surface area contributed by atoms with Gasteiger partial charge in [-0.3, -0.25) is 4.79 Å². The second-order valence-electron chi connectivity index (χ2n) is 6.62. The van der Waals surface area contributed by atoms with Gasteiger partial charge in [0, 0.05) is 31.3 Å². The van der Waals surface area contributed by atoms with Gasteiger partial charge in [0.15, 0.2) is 5.16 Å². The Morgan fingerprint density at radius 3 is 2.70 bits per heavy atom. The van der Waals surface area contributed by atoms with Gasteiger partial charge >= 0.3 is 0 Å². The summed E-state index contributed by atoms with van der Waals surface area (Å²) in [5.74, 6) is 3.77. The third-order valence-corrected chi connectivity index (χ3v) is 5.43. The van der Waals surface area contributed by atoms with E-state index in [1.165, 1.54) is 0 Å². The maximum Gasteiger partial charge on any atom is 0.224 e. The van der Waals surface area contributed by atoms with Crippen molar-refractivity contribution < 1.29 is 14.3 Å². The number of ether oxygens (including phenoxy) is 2. The molecule has 0 saturated heterocycles. The Morgan fingerprint density at radius 1 is 1.26 bits per heavy atom. The SMILES string of the molecule is COc1ccc(OC)c(CC(=O)NCCc2nnc(SCC(C)C)n2C)c1. The van der Waals surface area contributed by atoms with E-state index in [1.54, 1.807) is 32.0 Å². The Hall–Kier alpha value is -2.22. The van der Waals surface area contributed by atoms with Crippen molar-refractivity contribution in [1.29, 1.82) is 0 Å². The fourth-order valence-electron chi connectivity index (χ4n) is 2.50. The minimum atomic E-state index is -0.0712. The lowest BCUT2D eigenvalue weighted by Crippen LogP contribution is -2.28. The van der Waals surface area contributed by atoms with Gasteiger partial charge in [0.2, 0.25) is 5.91 Å². The molecule has 8 heteroatoms. The topological polar surface area (TPSA) is 78.3 Å². The third-order valence-electron chi connectivity index (χ3n) is 3.98. The molecule has 1 aromatic heterocycles. The number of hydrogen-bond donors (Lipinski definition) is 1. The van der Waals surface area contributed by atoms with Crippen molar-refractivity contribution in [2.24, 2.45) is 13.0 Å². The summed E-state index contributed by atoms with van der Waals surface area (Å²) in [6, 6.07) is 5.43. The number of thioether (sulfide) groups is 1. The summed E-state index contributed by atoms with van der Waals surface area (Å²) in [5.41, 5.74) is 0.792. The average Bonchev–Trinajstić information content (AvgIpc) is 2.99. The largest absolute Gasteiger partial charge is 0.497 e. The molecule has 0 aliphatic heterocycles. The Balaban J connectivity index is 1.86. The fourth-order valence-corrected chi connectivity index (χ4v) is 3.38. The van der Waals surface area contributed by atoms with Gasteiger partial charge in [0.1, 0.15) is 17.3 Å². The first-order chi connectivity index (χ1) is 12.9. The number of nitrogens with one attached hydrogen (secondary N) is 1. The van der Waals surface area contributed by atoms with Crippen molar-refractivity contribution in [2.75, 3.05) is 26.5 Å². The van der Waals surface area contributed by atoms with Crippen molar-refractivity contribution in [3.05, 3.63) is 29.6 Å². The maximum absolute atomic E-state index is 12.3. The van der Waals surface area contributed by atoms with Gasteiger partial charge in [-0.2, -0.15) is 0 Å². The lowest BCUT2D eigenvalue weighted by molar-refractivity contribution is -0.120. The summed E-state index contributed by atoms with van der Waals surface area (Å²) in [6.45, 7) is 4.86. The molecule has 0 aliphatic rings. The van der Waals surface area contributed by atoms with Crippen LogP contribution in [0.2, 0.25) is 0 Å². The monoisotopic (exact) mass is 392 g/mol. The Kier molecular flexibility index (Phi) is 7.97. The Morgan fingerprint density at radius 2 is 2.04 bits per heavy atom. The minimum Gasteiger partial charge on any atom is -0.497 e. The van der Waals surface area contributed by atoms with E-state index in [0.717, 1.165) is 22.3 Å². The van der Waals surface area contributed by atoms with Gasteiger partial charge in [-0.25, -0.2) is 0 Å². The molecule has 0 bridgehead atoms. The van der Waals surface area contributed by atoms with Crippen LogP contribution in [0.4, 0.5) is 0 Å². The number of rotatable bonds is 10.